The van der Waals surface area contributed by atoms with Crippen LogP contribution in [-0.2, 0) is 20.6 Å². The molecule has 0 aliphatic carbocycles. The van der Waals surface area contributed by atoms with Gasteiger partial charge in [-0.25, -0.2) is 4.79 Å². The first-order valence-electron chi connectivity index (χ1n) is 12.5. The van der Waals surface area contributed by atoms with Gasteiger partial charge in [0, 0.05) is 64.4 Å². The van der Waals surface area contributed by atoms with Gasteiger partial charge in [-0.3, -0.25) is 23.2 Å². The number of piperazine rings is 1. The number of benzene rings is 1. The largest absolute Gasteiger partial charge is 0.369 e. The van der Waals surface area contributed by atoms with Crippen molar-refractivity contribution in [1.82, 2.24) is 28.0 Å². The van der Waals surface area contributed by atoms with E-state index in [2.05, 4.69) is 51.4 Å². The average Bonchev–Trinajstić information content (AvgIpc) is 3.36. The van der Waals surface area contributed by atoms with E-state index in [-0.39, 0.29) is 11.2 Å². The molecule has 0 spiro atoms. The van der Waals surface area contributed by atoms with Crippen LogP contribution in [0.15, 0.2) is 34.0 Å². The summed E-state index contributed by atoms with van der Waals surface area (Å²) in [6, 6.07) is 6.58. The molecule has 0 amide bonds. The zero-order chi connectivity index (χ0) is 24.9. The van der Waals surface area contributed by atoms with Gasteiger partial charge in [0.05, 0.1) is 0 Å². The Morgan fingerprint density at radius 2 is 1.63 bits per heavy atom. The van der Waals surface area contributed by atoms with Gasteiger partial charge in [0.1, 0.15) is 0 Å². The van der Waals surface area contributed by atoms with E-state index in [4.69, 9.17) is 0 Å². The quantitative estimate of drug-likeness (QED) is 0.398. The molecular weight excluding hydrogens is 442 g/mol. The molecule has 1 fully saturated rings. The molecule has 9 heteroatoms. The fourth-order valence-corrected chi connectivity index (χ4v) is 5.30. The second kappa shape index (κ2) is 9.03. The highest BCUT2D eigenvalue weighted by Crippen LogP contribution is 2.24. The Hall–Kier alpha value is -3.33. The first-order valence-corrected chi connectivity index (χ1v) is 12.5. The molecule has 0 unspecified atom stereocenters. The molecule has 186 valence electrons. The highest BCUT2D eigenvalue weighted by molar-refractivity contribution is 5.75. The topological polar surface area (TPSA) is 72.7 Å². The zero-order valence-electron chi connectivity index (χ0n) is 21.4. The normalized spacial score (nSPS) is 15.1. The van der Waals surface area contributed by atoms with Crippen LogP contribution in [0.1, 0.15) is 29.7 Å². The molecule has 1 aromatic carbocycles. The Balaban J connectivity index is 1.22. The van der Waals surface area contributed by atoms with Crippen LogP contribution in [0.3, 0.4) is 0 Å². The van der Waals surface area contributed by atoms with Gasteiger partial charge < -0.3 is 9.47 Å². The summed E-state index contributed by atoms with van der Waals surface area (Å²) in [5, 5.41) is 0. The number of nitrogens with zero attached hydrogens (tertiary/aromatic N) is 7. The Labute approximate surface area is 204 Å². The van der Waals surface area contributed by atoms with E-state index >= 15 is 0 Å². The zero-order valence-corrected chi connectivity index (χ0v) is 21.4. The van der Waals surface area contributed by atoms with Crippen LogP contribution in [0.4, 0.5) is 5.69 Å². The molecular formula is C26H35N7O2. The lowest BCUT2D eigenvalue weighted by molar-refractivity contribution is 0.251. The minimum atomic E-state index is -0.357. The van der Waals surface area contributed by atoms with Gasteiger partial charge in [-0.1, -0.05) is 12.1 Å². The Morgan fingerprint density at radius 3 is 2.37 bits per heavy atom. The van der Waals surface area contributed by atoms with Crippen molar-refractivity contribution >= 4 is 22.6 Å². The number of imidazole rings is 2. The number of fused-ring (bicyclic) bond motifs is 3. The summed E-state index contributed by atoms with van der Waals surface area (Å²) in [6.07, 6.45) is 4.08. The van der Waals surface area contributed by atoms with Gasteiger partial charge >= 0.3 is 5.69 Å². The SMILES string of the molecule is Cc1cccc(N2CCN(CCCCn3c(C)cn4c5c(=O)n(C)c(=O)n(C)c5nc34)CC2)c1C. The predicted molar refractivity (Wildman–Crippen MR) is 140 cm³/mol. The Morgan fingerprint density at radius 1 is 0.914 bits per heavy atom. The van der Waals surface area contributed by atoms with Crippen LogP contribution < -0.4 is 16.1 Å². The summed E-state index contributed by atoms with van der Waals surface area (Å²) in [5.74, 6) is 0.720. The maximum Gasteiger partial charge on any atom is 0.332 e. The van der Waals surface area contributed by atoms with Crippen molar-refractivity contribution in [1.29, 1.82) is 0 Å². The molecule has 4 heterocycles. The number of unbranched alkanes of at least 4 members (excludes halogenated alkanes) is 1. The van der Waals surface area contributed by atoms with Crippen LogP contribution in [-0.4, -0.2) is 60.7 Å². The van der Waals surface area contributed by atoms with E-state index in [9.17, 15) is 9.59 Å². The number of aryl methyl sites for hydroxylation is 4. The molecule has 0 N–H and O–H groups in total. The van der Waals surface area contributed by atoms with Gasteiger partial charge in [0.25, 0.3) is 5.56 Å². The van der Waals surface area contributed by atoms with Crippen molar-refractivity contribution in [3.63, 3.8) is 0 Å². The fraction of sp³-hybridized carbons (Fsp3) is 0.500. The van der Waals surface area contributed by atoms with Gasteiger partial charge in [0.15, 0.2) is 11.2 Å². The first-order chi connectivity index (χ1) is 16.8. The van der Waals surface area contributed by atoms with E-state index in [1.54, 1.807) is 7.05 Å². The fourth-order valence-electron chi connectivity index (χ4n) is 5.30. The molecule has 5 rings (SSSR count). The van der Waals surface area contributed by atoms with Crippen molar-refractivity contribution in [3.05, 3.63) is 62.1 Å². The van der Waals surface area contributed by atoms with Crippen LogP contribution in [0.5, 0.6) is 0 Å². The summed E-state index contributed by atoms with van der Waals surface area (Å²) in [6.45, 7) is 12.7. The minimum absolute atomic E-state index is 0.312. The van der Waals surface area contributed by atoms with Crippen LogP contribution >= 0.6 is 0 Å². The van der Waals surface area contributed by atoms with Crippen molar-refractivity contribution in [2.24, 2.45) is 14.1 Å². The molecule has 0 atom stereocenters. The third kappa shape index (κ3) is 3.97. The molecule has 35 heavy (non-hydrogen) atoms. The van der Waals surface area contributed by atoms with Gasteiger partial charge in [-0.2, -0.15) is 4.98 Å². The van der Waals surface area contributed by atoms with E-state index in [1.807, 2.05) is 17.5 Å². The second-order valence-electron chi connectivity index (χ2n) is 9.84. The number of hydrogen-bond donors (Lipinski definition) is 0. The second-order valence-corrected chi connectivity index (χ2v) is 9.84. The highest BCUT2D eigenvalue weighted by atomic mass is 16.2. The van der Waals surface area contributed by atoms with E-state index < -0.39 is 0 Å². The maximum atomic E-state index is 12.8. The van der Waals surface area contributed by atoms with Gasteiger partial charge in [0.2, 0.25) is 5.78 Å². The lowest BCUT2D eigenvalue weighted by Gasteiger charge is -2.37. The molecule has 1 aliphatic rings. The number of aromatic nitrogens is 5. The highest BCUT2D eigenvalue weighted by Gasteiger charge is 2.20. The molecule has 4 aromatic rings. The standard InChI is InChI=1S/C26H35N7O2/c1-18-9-8-10-21(20(18)3)31-15-13-30(14-16-31)11-6-7-12-32-19(2)17-33-22-23(27-25(32)33)28(4)26(35)29(5)24(22)34/h8-10,17H,6-7,11-16H2,1-5H3. The van der Waals surface area contributed by atoms with Crippen LogP contribution in [0.2, 0.25) is 0 Å². The summed E-state index contributed by atoms with van der Waals surface area (Å²) >= 11 is 0. The lowest BCUT2D eigenvalue weighted by atomic mass is 10.1. The van der Waals surface area contributed by atoms with Gasteiger partial charge in [-0.05, 0) is 57.4 Å². The van der Waals surface area contributed by atoms with E-state index in [1.165, 1.54) is 28.4 Å². The average molecular weight is 478 g/mol. The number of rotatable bonds is 6. The molecule has 9 nitrogen and oxygen atoms in total. The third-order valence-corrected chi connectivity index (χ3v) is 7.65. The smallest absolute Gasteiger partial charge is 0.332 e. The minimum Gasteiger partial charge on any atom is -0.369 e. The summed E-state index contributed by atoms with van der Waals surface area (Å²) in [4.78, 5) is 34.8. The predicted octanol–water partition coefficient (Wildman–Crippen LogP) is 2.21. The first kappa shape index (κ1) is 23.4. The van der Waals surface area contributed by atoms with Crippen molar-refractivity contribution in [2.75, 3.05) is 37.6 Å². The molecule has 0 saturated carbocycles. The monoisotopic (exact) mass is 477 g/mol. The summed E-state index contributed by atoms with van der Waals surface area (Å²) in [7, 11) is 3.17. The molecule has 0 bridgehead atoms. The van der Waals surface area contributed by atoms with Gasteiger partial charge in [-0.15, -0.1) is 0 Å². The summed E-state index contributed by atoms with van der Waals surface area (Å²) in [5.41, 5.74) is 5.39. The number of hydrogen-bond acceptors (Lipinski definition) is 5. The van der Waals surface area contributed by atoms with E-state index in [0.29, 0.717) is 11.2 Å². The van der Waals surface area contributed by atoms with E-state index in [0.717, 1.165) is 68.1 Å². The van der Waals surface area contributed by atoms with Crippen molar-refractivity contribution in [3.8, 4) is 0 Å². The molecule has 1 aliphatic heterocycles. The lowest BCUT2D eigenvalue weighted by Crippen LogP contribution is -2.46. The third-order valence-electron chi connectivity index (χ3n) is 7.65. The molecule has 3 aromatic heterocycles. The number of anilines is 1. The molecule has 1 saturated heterocycles. The van der Waals surface area contributed by atoms with Crippen LogP contribution in [0.25, 0.3) is 16.9 Å². The summed E-state index contributed by atoms with van der Waals surface area (Å²) < 4.78 is 6.58. The van der Waals surface area contributed by atoms with Crippen molar-refractivity contribution in [2.45, 2.75) is 40.2 Å². The Bertz CT molecular complexity index is 1510. The Kier molecular flexibility index (Phi) is 6.04. The van der Waals surface area contributed by atoms with Crippen molar-refractivity contribution < 1.29 is 0 Å². The van der Waals surface area contributed by atoms with Crippen LogP contribution in [0, 0.1) is 20.8 Å². The maximum absolute atomic E-state index is 12.8. The molecule has 0 radical (unpaired) electrons.